The van der Waals surface area contributed by atoms with E-state index in [1.165, 1.54) is 0 Å². The molecule has 0 amide bonds. The lowest BCUT2D eigenvalue weighted by Crippen LogP contribution is -2.09. The summed E-state index contributed by atoms with van der Waals surface area (Å²) >= 11 is 3.32. The lowest BCUT2D eigenvalue weighted by Gasteiger charge is -2.04. The quantitative estimate of drug-likeness (QED) is 0.808. The van der Waals surface area contributed by atoms with Crippen LogP contribution in [0.15, 0.2) is 22.8 Å². The summed E-state index contributed by atoms with van der Waals surface area (Å²) in [5.41, 5.74) is 0. The van der Waals surface area contributed by atoms with Gasteiger partial charge in [-0.05, 0) is 35.0 Å². The van der Waals surface area contributed by atoms with Crippen molar-refractivity contribution >= 4 is 21.7 Å². The maximum absolute atomic E-state index is 5.18. The molecule has 0 aliphatic heterocycles. The highest BCUT2D eigenvalue weighted by atomic mass is 79.9. The van der Waals surface area contributed by atoms with Gasteiger partial charge in [0.1, 0.15) is 5.82 Å². The van der Waals surface area contributed by atoms with Crippen LogP contribution in [-0.2, 0) is 4.74 Å². The number of pyridine rings is 1. The van der Waals surface area contributed by atoms with E-state index in [2.05, 4.69) is 26.2 Å². The fraction of sp³-hybridized carbons (Fsp3) is 0.444. The van der Waals surface area contributed by atoms with Crippen LogP contribution < -0.4 is 5.32 Å². The van der Waals surface area contributed by atoms with Crippen molar-refractivity contribution in [2.24, 2.45) is 0 Å². The van der Waals surface area contributed by atoms with Crippen molar-refractivity contribution in [3.8, 4) is 0 Å². The Hall–Kier alpha value is -0.610. The number of aromatic nitrogens is 1. The molecule has 72 valence electrons. The summed E-state index contributed by atoms with van der Waals surface area (Å²) in [5, 5.41) is 3.15. The van der Waals surface area contributed by atoms with Gasteiger partial charge in [-0.1, -0.05) is 0 Å². The number of nitrogens with zero attached hydrogens (tertiary/aromatic N) is 1. The van der Waals surface area contributed by atoms with Crippen LogP contribution in [0.1, 0.15) is 6.92 Å². The summed E-state index contributed by atoms with van der Waals surface area (Å²) in [6.07, 6.45) is 1.77. The van der Waals surface area contributed by atoms with Crippen molar-refractivity contribution in [1.29, 1.82) is 0 Å². The molecule has 0 atom stereocenters. The van der Waals surface area contributed by atoms with Crippen molar-refractivity contribution in [3.63, 3.8) is 0 Å². The minimum absolute atomic E-state index is 0.717. The second-order valence-corrected chi connectivity index (χ2v) is 3.40. The van der Waals surface area contributed by atoms with Crippen LogP contribution in [0.3, 0.4) is 0 Å². The van der Waals surface area contributed by atoms with Gasteiger partial charge in [0.05, 0.1) is 6.61 Å². The number of hydrogen-bond donors (Lipinski definition) is 1. The highest BCUT2D eigenvalue weighted by Gasteiger charge is 1.92. The summed E-state index contributed by atoms with van der Waals surface area (Å²) < 4.78 is 6.17. The number of halogens is 1. The minimum atomic E-state index is 0.717. The Morgan fingerprint density at radius 2 is 2.38 bits per heavy atom. The van der Waals surface area contributed by atoms with E-state index in [0.29, 0.717) is 6.61 Å². The Morgan fingerprint density at radius 1 is 1.54 bits per heavy atom. The smallest absolute Gasteiger partial charge is 0.126 e. The first-order valence-electron chi connectivity index (χ1n) is 4.26. The van der Waals surface area contributed by atoms with Crippen molar-refractivity contribution < 1.29 is 4.74 Å². The van der Waals surface area contributed by atoms with Gasteiger partial charge in [0.25, 0.3) is 0 Å². The predicted octanol–water partition coefficient (Wildman–Crippen LogP) is 2.29. The average molecular weight is 245 g/mol. The summed E-state index contributed by atoms with van der Waals surface area (Å²) in [5.74, 6) is 0.878. The maximum Gasteiger partial charge on any atom is 0.126 e. The van der Waals surface area contributed by atoms with Gasteiger partial charge in [-0.25, -0.2) is 4.98 Å². The maximum atomic E-state index is 5.18. The second-order valence-electron chi connectivity index (χ2n) is 2.49. The van der Waals surface area contributed by atoms with Crippen molar-refractivity contribution in [2.75, 3.05) is 25.1 Å². The van der Waals surface area contributed by atoms with E-state index in [1.807, 2.05) is 19.1 Å². The predicted molar refractivity (Wildman–Crippen MR) is 56.9 cm³/mol. The summed E-state index contributed by atoms with van der Waals surface area (Å²) in [6.45, 7) is 4.25. The molecule has 1 aromatic rings. The van der Waals surface area contributed by atoms with Crippen LogP contribution in [0.2, 0.25) is 0 Å². The molecule has 0 fully saturated rings. The second kappa shape index (κ2) is 5.94. The van der Waals surface area contributed by atoms with Gasteiger partial charge in [0, 0.05) is 23.8 Å². The standard InChI is InChI=1S/C9H13BrN2O/c1-2-13-6-5-11-9-4-3-8(10)7-12-9/h3-4,7H,2,5-6H2,1H3,(H,11,12). The van der Waals surface area contributed by atoms with E-state index < -0.39 is 0 Å². The summed E-state index contributed by atoms with van der Waals surface area (Å²) in [4.78, 5) is 4.16. The Balaban J connectivity index is 2.25. The molecule has 1 aromatic heterocycles. The molecule has 0 aliphatic rings. The lowest BCUT2D eigenvalue weighted by atomic mass is 10.4. The third kappa shape index (κ3) is 4.24. The zero-order valence-electron chi connectivity index (χ0n) is 7.59. The van der Waals surface area contributed by atoms with Crippen LogP contribution in [-0.4, -0.2) is 24.7 Å². The van der Waals surface area contributed by atoms with E-state index in [4.69, 9.17) is 4.74 Å². The molecule has 1 rings (SSSR count). The van der Waals surface area contributed by atoms with Gasteiger partial charge in [-0.3, -0.25) is 0 Å². The van der Waals surface area contributed by atoms with E-state index in [9.17, 15) is 0 Å². The molecular formula is C9H13BrN2O. The van der Waals surface area contributed by atoms with Gasteiger partial charge >= 0.3 is 0 Å². The normalized spacial score (nSPS) is 10.0. The molecule has 0 bridgehead atoms. The number of rotatable bonds is 5. The zero-order valence-corrected chi connectivity index (χ0v) is 9.17. The van der Waals surface area contributed by atoms with Crippen LogP contribution in [0.25, 0.3) is 0 Å². The Kier molecular flexibility index (Phi) is 4.78. The number of nitrogens with one attached hydrogen (secondary N) is 1. The first-order chi connectivity index (χ1) is 6.33. The molecule has 1 N–H and O–H groups in total. The SMILES string of the molecule is CCOCCNc1ccc(Br)cn1. The van der Waals surface area contributed by atoms with Gasteiger partial charge < -0.3 is 10.1 Å². The lowest BCUT2D eigenvalue weighted by molar-refractivity contribution is 0.158. The van der Waals surface area contributed by atoms with E-state index in [0.717, 1.165) is 23.4 Å². The Bertz CT molecular complexity index is 238. The molecule has 0 unspecified atom stereocenters. The van der Waals surface area contributed by atoms with Gasteiger partial charge in [0.15, 0.2) is 0 Å². The molecule has 4 heteroatoms. The average Bonchev–Trinajstić information content (AvgIpc) is 2.15. The highest BCUT2D eigenvalue weighted by molar-refractivity contribution is 9.10. The van der Waals surface area contributed by atoms with Gasteiger partial charge in [0.2, 0.25) is 0 Å². The molecule has 0 spiro atoms. The largest absolute Gasteiger partial charge is 0.380 e. The van der Waals surface area contributed by atoms with Gasteiger partial charge in [-0.15, -0.1) is 0 Å². The molecule has 3 nitrogen and oxygen atoms in total. The monoisotopic (exact) mass is 244 g/mol. The van der Waals surface area contributed by atoms with E-state index in [-0.39, 0.29) is 0 Å². The third-order valence-electron chi connectivity index (χ3n) is 1.48. The topological polar surface area (TPSA) is 34.1 Å². The molecule has 0 aliphatic carbocycles. The first kappa shape index (κ1) is 10.5. The molecule has 13 heavy (non-hydrogen) atoms. The molecule has 0 saturated heterocycles. The molecule has 0 aromatic carbocycles. The van der Waals surface area contributed by atoms with E-state index in [1.54, 1.807) is 6.20 Å². The summed E-state index contributed by atoms with van der Waals surface area (Å²) in [7, 11) is 0. The van der Waals surface area contributed by atoms with E-state index >= 15 is 0 Å². The summed E-state index contributed by atoms with van der Waals surface area (Å²) in [6, 6.07) is 3.88. The van der Waals surface area contributed by atoms with Crippen LogP contribution in [0, 0.1) is 0 Å². The van der Waals surface area contributed by atoms with Crippen LogP contribution >= 0.6 is 15.9 Å². The highest BCUT2D eigenvalue weighted by Crippen LogP contribution is 2.09. The minimum Gasteiger partial charge on any atom is -0.380 e. The fourth-order valence-corrected chi connectivity index (χ4v) is 1.11. The first-order valence-corrected chi connectivity index (χ1v) is 5.05. The third-order valence-corrected chi connectivity index (χ3v) is 1.95. The number of anilines is 1. The van der Waals surface area contributed by atoms with Crippen LogP contribution in [0.5, 0.6) is 0 Å². The van der Waals surface area contributed by atoms with Crippen molar-refractivity contribution in [1.82, 2.24) is 4.98 Å². The molecular weight excluding hydrogens is 232 g/mol. The molecule has 1 heterocycles. The fourth-order valence-electron chi connectivity index (χ4n) is 0.876. The Labute approximate surface area is 86.6 Å². The zero-order chi connectivity index (χ0) is 9.52. The molecule has 0 radical (unpaired) electrons. The van der Waals surface area contributed by atoms with Gasteiger partial charge in [-0.2, -0.15) is 0 Å². The number of ether oxygens (including phenoxy) is 1. The van der Waals surface area contributed by atoms with Crippen LogP contribution in [0.4, 0.5) is 5.82 Å². The molecule has 0 saturated carbocycles. The van der Waals surface area contributed by atoms with Crippen molar-refractivity contribution in [3.05, 3.63) is 22.8 Å². The number of hydrogen-bond acceptors (Lipinski definition) is 3. The van der Waals surface area contributed by atoms with Crippen molar-refractivity contribution in [2.45, 2.75) is 6.92 Å². The Morgan fingerprint density at radius 3 is 3.00 bits per heavy atom.